The van der Waals surface area contributed by atoms with Crippen molar-refractivity contribution in [1.29, 1.82) is 0 Å². The van der Waals surface area contributed by atoms with Crippen molar-refractivity contribution < 1.29 is 32.4 Å². The number of nitrogens with one attached hydrogen (secondary N) is 4. The van der Waals surface area contributed by atoms with Crippen LogP contribution in [0.1, 0.15) is 112 Å². The Bertz CT molecular complexity index is 1500. The highest BCUT2D eigenvalue weighted by Crippen LogP contribution is 2.37. The zero-order chi connectivity index (χ0) is 39.8. The summed E-state index contributed by atoms with van der Waals surface area (Å²) in [6.45, 7) is 18.6. The second-order valence-electron chi connectivity index (χ2n) is 17.4. The van der Waals surface area contributed by atoms with Crippen molar-refractivity contribution in [2.45, 2.75) is 136 Å². The van der Waals surface area contributed by atoms with Crippen LogP contribution in [0, 0.1) is 29.1 Å². The van der Waals surface area contributed by atoms with Crippen LogP contribution in [0.5, 0.6) is 0 Å². The lowest BCUT2D eigenvalue weighted by Gasteiger charge is -2.38. The van der Waals surface area contributed by atoms with Crippen molar-refractivity contribution in [3.63, 3.8) is 0 Å². The van der Waals surface area contributed by atoms with Crippen molar-refractivity contribution in [3.8, 4) is 0 Å². The number of sulfonamides is 1. The standard InChI is InChI=1S/C40H66N6O7S/c1-8-20-41-37(49)35(47)31(24-28-15-14-16-28)42-36(48)34-30(27(4)26(2)3)19-22-46(34)38(50)33(29-17-10-9-11-18-29)44-39(51)43-32(40(5,6)7)25-45-21-12-13-23-54(45,52)53/h8,26,28-34H,1,4,9-25H2,2-3,5-7H3,(H,41,49)(H,42,48)(H2,43,44,51)/t30-,31?,32-,33+,34+/m1/s1. The van der Waals surface area contributed by atoms with Crippen LogP contribution >= 0.6 is 0 Å². The van der Waals surface area contributed by atoms with Gasteiger partial charge in [0.05, 0.1) is 11.8 Å². The molecule has 4 fully saturated rings. The molecule has 2 aliphatic heterocycles. The van der Waals surface area contributed by atoms with Gasteiger partial charge in [-0.1, -0.05) is 91.4 Å². The van der Waals surface area contributed by atoms with E-state index in [-0.39, 0.29) is 55.0 Å². The Kier molecular flexibility index (Phi) is 15.3. The van der Waals surface area contributed by atoms with Crippen LogP contribution < -0.4 is 21.3 Å². The molecular formula is C40H66N6O7S. The highest BCUT2D eigenvalue weighted by Gasteiger charge is 2.48. The summed E-state index contributed by atoms with van der Waals surface area (Å²) >= 11 is 0. The van der Waals surface area contributed by atoms with E-state index in [1.165, 1.54) is 10.4 Å². The van der Waals surface area contributed by atoms with E-state index in [1.807, 2.05) is 34.6 Å². The maximum Gasteiger partial charge on any atom is 0.315 e. The van der Waals surface area contributed by atoms with Gasteiger partial charge in [-0.2, -0.15) is 4.31 Å². The van der Waals surface area contributed by atoms with Gasteiger partial charge in [-0.25, -0.2) is 13.2 Å². The van der Waals surface area contributed by atoms with Crippen LogP contribution in [0.2, 0.25) is 0 Å². The molecule has 0 spiro atoms. The van der Waals surface area contributed by atoms with Gasteiger partial charge in [0.1, 0.15) is 12.1 Å². The molecule has 1 unspecified atom stereocenters. The zero-order valence-corrected chi connectivity index (χ0v) is 34.1. The monoisotopic (exact) mass is 774 g/mol. The third-order valence-corrected chi connectivity index (χ3v) is 14.0. The summed E-state index contributed by atoms with van der Waals surface area (Å²) in [5.41, 5.74) is 0.324. The van der Waals surface area contributed by atoms with Gasteiger partial charge < -0.3 is 26.2 Å². The molecular weight excluding hydrogens is 709 g/mol. The molecule has 4 rings (SSSR count). The Morgan fingerprint density at radius 1 is 0.870 bits per heavy atom. The van der Waals surface area contributed by atoms with Crippen LogP contribution in [0.25, 0.3) is 0 Å². The molecule has 0 aromatic rings. The zero-order valence-electron chi connectivity index (χ0n) is 33.3. The highest BCUT2D eigenvalue weighted by molar-refractivity contribution is 7.89. The number of urea groups is 1. The lowest BCUT2D eigenvalue weighted by molar-refractivity contribution is -0.144. The fourth-order valence-corrected chi connectivity index (χ4v) is 9.91. The van der Waals surface area contributed by atoms with Crippen LogP contribution in [0.4, 0.5) is 4.79 Å². The first-order valence-electron chi connectivity index (χ1n) is 20.2. The van der Waals surface area contributed by atoms with Crippen molar-refractivity contribution in [2.24, 2.45) is 29.1 Å². The Morgan fingerprint density at radius 2 is 1.56 bits per heavy atom. The van der Waals surface area contributed by atoms with Crippen molar-refractivity contribution in [3.05, 3.63) is 24.8 Å². The minimum absolute atomic E-state index is 0.0218. The van der Waals surface area contributed by atoms with Crippen LogP contribution in [0.3, 0.4) is 0 Å². The molecule has 2 heterocycles. The van der Waals surface area contributed by atoms with E-state index >= 15 is 0 Å². The number of amides is 5. The number of rotatable bonds is 16. The molecule has 5 atom stereocenters. The molecule has 13 nitrogen and oxygen atoms in total. The Morgan fingerprint density at radius 3 is 2.13 bits per heavy atom. The molecule has 0 bridgehead atoms. The topological polar surface area (TPSA) is 174 Å². The predicted octanol–water partition coefficient (Wildman–Crippen LogP) is 4.05. The van der Waals surface area contributed by atoms with Crippen molar-refractivity contribution >= 4 is 39.6 Å². The molecule has 304 valence electrons. The van der Waals surface area contributed by atoms with Gasteiger partial charge in [-0.3, -0.25) is 19.2 Å². The summed E-state index contributed by atoms with van der Waals surface area (Å²) in [6, 6.07) is -4.06. The average molecular weight is 775 g/mol. The highest BCUT2D eigenvalue weighted by atomic mass is 32.2. The van der Waals surface area contributed by atoms with Crippen LogP contribution in [-0.2, 0) is 29.2 Å². The molecule has 0 aromatic carbocycles. The fourth-order valence-electron chi connectivity index (χ4n) is 8.29. The molecule has 14 heteroatoms. The van der Waals surface area contributed by atoms with Gasteiger partial charge in [-0.15, -0.1) is 6.58 Å². The minimum Gasteiger partial charge on any atom is -0.346 e. The third kappa shape index (κ3) is 11.2. The number of hydrogen-bond donors (Lipinski definition) is 4. The molecule has 2 saturated carbocycles. The lowest BCUT2D eigenvalue weighted by atomic mass is 9.79. The number of Topliss-reactive ketones (excluding diaryl/α,β-unsaturated/α-hetero) is 1. The summed E-state index contributed by atoms with van der Waals surface area (Å²) in [7, 11) is -3.43. The molecule has 0 aromatic heterocycles. The second-order valence-corrected chi connectivity index (χ2v) is 19.4. The summed E-state index contributed by atoms with van der Waals surface area (Å²) in [5, 5.41) is 11.5. The maximum atomic E-state index is 14.8. The van der Waals surface area contributed by atoms with Gasteiger partial charge in [-0.05, 0) is 61.7 Å². The normalized spacial score (nSPS) is 24.1. The molecule has 4 N–H and O–H groups in total. The van der Waals surface area contributed by atoms with Crippen LogP contribution in [-0.4, -0.2) is 103 Å². The Balaban J connectivity index is 1.60. The fraction of sp³-hybridized carbons (Fsp3) is 0.775. The van der Waals surface area contributed by atoms with E-state index in [9.17, 15) is 32.4 Å². The predicted molar refractivity (Wildman–Crippen MR) is 210 cm³/mol. The largest absolute Gasteiger partial charge is 0.346 e. The van der Waals surface area contributed by atoms with Crippen LogP contribution in [0.15, 0.2) is 24.8 Å². The first kappa shape index (κ1) is 43.5. The second kappa shape index (κ2) is 19.1. The number of ketones is 1. The molecule has 2 saturated heterocycles. The van der Waals surface area contributed by atoms with Gasteiger partial charge in [0, 0.05) is 38.1 Å². The van der Waals surface area contributed by atoms with Gasteiger partial charge in [0.2, 0.25) is 27.6 Å². The Hall–Kier alpha value is -3.26. The number of likely N-dealkylation sites (tertiary alicyclic amines) is 1. The summed E-state index contributed by atoms with van der Waals surface area (Å²) in [4.78, 5) is 71.0. The van der Waals surface area contributed by atoms with Gasteiger partial charge >= 0.3 is 6.03 Å². The molecule has 54 heavy (non-hydrogen) atoms. The first-order valence-corrected chi connectivity index (χ1v) is 21.8. The number of hydrogen-bond acceptors (Lipinski definition) is 7. The average Bonchev–Trinajstić information content (AvgIpc) is 3.55. The van der Waals surface area contributed by atoms with Gasteiger partial charge in [0.15, 0.2) is 0 Å². The number of carbonyl (C=O) groups excluding carboxylic acids is 5. The third-order valence-electron chi connectivity index (χ3n) is 12.1. The SMILES string of the molecule is C=CCNC(=O)C(=O)C(CC1CCC1)NC(=O)[C@@H]1[C@@H](C(=C)C(C)C)CCN1C(=O)[C@@H](NC(=O)N[C@H](CN1CCCCS1(=O)=O)C(C)(C)C)C1CCCCC1. The van der Waals surface area contributed by atoms with E-state index in [1.54, 1.807) is 4.90 Å². The summed E-state index contributed by atoms with van der Waals surface area (Å²) in [6.07, 6.45) is 10.8. The van der Waals surface area contributed by atoms with E-state index in [4.69, 9.17) is 0 Å². The van der Waals surface area contributed by atoms with E-state index < -0.39 is 63.2 Å². The lowest BCUT2D eigenvalue weighted by Crippen LogP contribution is -2.61. The smallest absolute Gasteiger partial charge is 0.315 e. The van der Waals surface area contributed by atoms with E-state index in [0.717, 1.165) is 63.4 Å². The van der Waals surface area contributed by atoms with Crippen molar-refractivity contribution in [1.82, 2.24) is 30.5 Å². The van der Waals surface area contributed by atoms with E-state index in [2.05, 4.69) is 34.4 Å². The number of nitrogens with zero attached hydrogens (tertiary/aromatic N) is 2. The van der Waals surface area contributed by atoms with Gasteiger partial charge in [0.25, 0.3) is 5.91 Å². The van der Waals surface area contributed by atoms with Crippen molar-refractivity contribution in [2.75, 3.05) is 31.9 Å². The summed E-state index contributed by atoms with van der Waals surface area (Å²) < 4.78 is 27.2. The minimum atomic E-state index is -3.43. The molecule has 0 radical (unpaired) electrons. The molecule has 5 amide bonds. The quantitative estimate of drug-likeness (QED) is 0.135. The number of carbonyl (C=O) groups is 5. The first-order chi connectivity index (χ1) is 25.4. The molecule has 2 aliphatic carbocycles. The Labute approximate surface area is 323 Å². The molecule has 4 aliphatic rings. The summed E-state index contributed by atoms with van der Waals surface area (Å²) in [5.74, 6) is -2.63. The van der Waals surface area contributed by atoms with E-state index in [0.29, 0.717) is 25.8 Å². The maximum absolute atomic E-state index is 14.8.